The lowest BCUT2D eigenvalue weighted by Gasteiger charge is -2.35. The van der Waals surface area contributed by atoms with Crippen LogP contribution in [0.1, 0.15) is 55.6 Å². The quantitative estimate of drug-likeness (QED) is 0.0898. The van der Waals surface area contributed by atoms with Crippen molar-refractivity contribution in [3.8, 4) is 22.3 Å². The van der Waals surface area contributed by atoms with E-state index >= 15 is 26.3 Å². The summed E-state index contributed by atoms with van der Waals surface area (Å²) in [4.78, 5) is 3.05. The maximum Gasteiger partial charge on any atom is 0.161 e. The number of para-hydroxylation sites is 2. The molecule has 0 aliphatic heterocycles. The first-order chi connectivity index (χ1) is 42.5. The van der Waals surface area contributed by atoms with Gasteiger partial charge >= 0.3 is 0 Å². The van der Waals surface area contributed by atoms with Gasteiger partial charge in [-0.3, -0.25) is 0 Å². The van der Waals surface area contributed by atoms with Crippen molar-refractivity contribution in [1.82, 2.24) is 0 Å². The highest BCUT2D eigenvalue weighted by molar-refractivity contribution is 6.14. The molecule has 2 unspecified atom stereocenters. The topological polar surface area (TPSA) is 19.6 Å². The number of nitrogens with zero attached hydrogens (tertiary/aromatic N) is 2. The van der Waals surface area contributed by atoms with E-state index in [1.807, 2.05) is 133 Å². The third kappa shape index (κ3) is 7.92. The summed E-state index contributed by atoms with van der Waals surface area (Å²) in [7, 11) is 0. The molecule has 1 aromatic heterocycles. The molecule has 3 nitrogen and oxygen atoms in total. The number of furan rings is 1. The van der Waals surface area contributed by atoms with Crippen LogP contribution in [0.4, 0.5) is 60.5 Å². The summed E-state index contributed by atoms with van der Waals surface area (Å²) in [6.45, 7) is 8.01. The highest BCUT2D eigenvalue weighted by Gasteiger charge is 2.48. The van der Waals surface area contributed by atoms with Gasteiger partial charge in [0.1, 0.15) is 11.6 Å². The van der Waals surface area contributed by atoms with Gasteiger partial charge in [0.05, 0.1) is 33.6 Å². The molecule has 12 aromatic carbocycles. The Morgan fingerprint density at radius 3 is 1.06 bits per heavy atom. The van der Waals surface area contributed by atoms with Crippen LogP contribution in [0.25, 0.3) is 56.3 Å². The molecule has 2 aliphatic carbocycles. The molecule has 418 valence electrons. The van der Waals surface area contributed by atoms with Crippen molar-refractivity contribution in [3.05, 3.63) is 358 Å². The van der Waals surface area contributed by atoms with Crippen molar-refractivity contribution in [2.45, 2.75) is 10.8 Å². The monoisotopic (exact) mass is 1140 g/mol. The smallest absolute Gasteiger partial charge is 0.161 e. The molecule has 9 heteroatoms. The van der Waals surface area contributed by atoms with Gasteiger partial charge in [0.15, 0.2) is 34.4 Å². The summed E-state index contributed by atoms with van der Waals surface area (Å²) in [5.74, 6) is -7.41. The van der Waals surface area contributed by atoms with Gasteiger partial charge in [-0.05, 0) is 114 Å². The second-order valence-electron chi connectivity index (χ2n) is 22.0. The molecule has 2 atom stereocenters. The highest BCUT2D eigenvalue weighted by atomic mass is 19.2. The first-order valence-electron chi connectivity index (χ1n) is 28.4. The number of fused-ring (bicyclic) bond motifs is 9. The first kappa shape index (κ1) is 52.9. The van der Waals surface area contributed by atoms with Crippen LogP contribution in [0.3, 0.4) is 0 Å². The largest absolute Gasteiger partial charge is 0.452 e. The van der Waals surface area contributed by atoms with Gasteiger partial charge in [-0.25, -0.2) is 26.3 Å². The van der Waals surface area contributed by atoms with Gasteiger partial charge < -0.3 is 14.2 Å². The summed E-state index contributed by atoms with van der Waals surface area (Å²) in [5.41, 5.74) is 12.3. The number of hydrogen-bond acceptors (Lipinski definition) is 3. The van der Waals surface area contributed by atoms with Crippen LogP contribution in [0.5, 0.6) is 0 Å². The fourth-order valence-corrected chi connectivity index (χ4v) is 13.8. The minimum absolute atomic E-state index is 0.198. The molecule has 0 N–H and O–H groups in total. The molecule has 2 aliphatic rings. The standard InChI is InChI=1S/C78H48F6N2O/c1-3-47-29-33-51(34-30-47)77(49-17-7-5-8-18-49)61-25-13-11-21-55(61)57-39-37-53(41-63(57)77)85(73-45-67(81)65(79)43-69(73)83)71-27-15-23-59-60-24-16-28-72(76(60)87-75(59)71)86(74-46-68(82)66(80)44-70(74)84)54-38-40-58-56-22-12-14-26-62(56)78(64(58)42-54,50-19-9-6-10-20-50)52-35-31-48(4-2)32-36-52/h3-46H,1-2H2. The van der Waals surface area contributed by atoms with E-state index in [4.69, 9.17) is 4.42 Å². The van der Waals surface area contributed by atoms with E-state index in [1.165, 1.54) is 9.80 Å². The zero-order chi connectivity index (χ0) is 59.3. The zero-order valence-electron chi connectivity index (χ0n) is 46.4. The fourth-order valence-electron chi connectivity index (χ4n) is 13.8. The summed E-state index contributed by atoms with van der Waals surface area (Å²) >= 11 is 0. The number of halogens is 6. The van der Waals surface area contributed by atoms with Gasteiger partial charge in [-0.15, -0.1) is 0 Å². The maximum atomic E-state index is 17.0. The Labute approximate surface area is 497 Å². The second kappa shape index (κ2) is 20.4. The predicted molar refractivity (Wildman–Crippen MR) is 338 cm³/mol. The molecule has 0 bridgehead atoms. The van der Waals surface area contributed by atoms with Crippen molar-refractivity contribution in [3.63, 3.8) is 0 Å². The van der Waals surface area contributed by atoms with Gasteiger partial charge in [-0.1, -0.05) is 219 Å². The van der Waals surface area contributed by atoms with E-state index < -0.39 is 45.7 Å². The van der Waals surface area contributed by atoms with E-state index in [-0.39, 0.29) is 33.9 Å². The lowest BCUT2D eigenvalue weighted by Crippen LogP contribution is -2.28. The average molecular weight is 1140 g/mol. The maximum absolute atomic E-state index is 17.0. The van der Waals surface area contributed by atoms with Crippen molar-refractivity contribution < 1.29 is 30.8 Å². The Bertz CT molecular complexity index is 4630. The highest BCUT2D eigenvalue weighted by Crippen LogP contribution is 2.60. The molecule has 87 heavy (non-hydrogen) atoms. The van der Waals surface area contributed by atoms with E-state index in [0.717, 1.165) is 90.0 Å². The fraction of sp³-hybridized carbons (Fsp3) is 0.0256. The van der Waals surface area contributed by atoms with Crippen molar-refractivity contribution in [2.24, 2.45) is 0 Å². The van der Waals surface area contributed by atoms with E-state index in [2.05, 4.69) is 86.0 Å². The average Bonchev–Trinajstić information content (AvgIpc) is 1.60. The molecule has 13 aromatic rings. The van der Waals surface area contributed by atoms with E-state index in [9.17, 15) is 0 Å². The lowest BCUT2D eigenvalue weighted by molar-refractivity contribution is 0.495. The van der Waals surface area contributed by atoms with Crippen molar-refractivity contribution in [2.75, 3.05) is 9.80 Å². The third-order valence-electron chi connectivity index (χ3n) is 17.6. The minimum atomic E-state index is -1.37. The Balaban J connectivity index is 0.977. The molecule has 0 radical (unpaired) electrons. The van der Waals surface area contributed by atoms with Crippen LogP contribution in [0.2, 0.25) is 0 Å². The zero-order valence-corrected chi connectivity index (χ0v) is 46.4. The summed E-state index contributed by atoms with van der Waals surface area (Å²) in [6, 6.07) is 77.9. The number of anilines is 6. The summed E-state index contributed by atoms with van der Waals surface area (Å²) < 4.78 is 104. The van der Waals surface area contributed by atoms with Gasteiger partial charge in [0.25, 0.3) is 0 Å². The van der Waals surface area contributed by atoms with E-state index in [0.29, 0.717) is 34.3 Å². The van der Waals surface area contributed by atoms with Crippen molar-refractivity contribution in [1.29, 1.82) is 0 Å². The third-order valence-corrected chi connectivity index (χ3v) is 17.6. The van der Waals surface area contributed by atoms with Crippen LogP contribution >= 0.6 is 0 Å². The molecule has 15 rings (SSSR count). The number of rotatable bonds is 12. The van der Waals surface area contributed by atoms with Crippen LogP contribution in [0.15, 0.2) is 272 Å². The van der Waals surface area contributed by atoms with Crippen LogP contribution < -0.4 is 9.80 Å². The van der Waals surface area contributed by atoms with Crippen molar-refractivity contribution >= 4 is 68.2 Å². The Kier molecular flexibility index (Phi) is 12.4. The van der Waals surface area contributed by atoms with Gasteiger partial charge in [0, 0.05) is 46.4 Å². The minimum Gasteiger partial charge on any atom is -0.452 e. The molecule has 0 amide bonds. The van der Waals surface area contributed by atoms with Gasteiger partial charge in [0.2, 0.25) is 0 Å². The number of hydrogen-bond donors (Lipinski definition) is 0. The van der Waals surface area contributed by atoms with Crippen LogP contribution in [-0.4, -0.2) is 0 Å². The Morgan fingerprint density at radius 2 is 0.655 bits per heavy atom. The molecular formula is C78H48F6N2O. The Hall–Kier alpha value is -10.9. The van der Waals surface area contributed by atoms with Gasteiger partial charge in [-0.2, -0.15) is 0 Å². The van der Waals surface area contributed by atoms with Crippen LogP contribution in [-0.2, 0) is 10.8 Å². The molecular weight excluding hydrogens is 1090 g/mol. The van der Waals surface area contributed by atoms with E-state index in [1.54, 1.807) is 36.4 Å². The SMILES string of the molecule is C=Cc1ccc(C2(c3ccccc3)c3ccccc3-c3ccc(N(c4cc(F)c(F)cc4F)c4cccc5c4oc4c(N(c6ccc7c(c6)C(c6ccccc6)(c6ccc(C=C)cc6)c6ccccc6-7)c6cc(F)c(F)cc6F)cccc45)cc32)cc1. The predicted octanol–water partition coefficient (Wildman–Crippen LogP) is 21.4. The molecule has 0 spiro atoms. The lowest BCUT2D eigenvalue weighted by atomic mass is 9.67. The summed E-state index contributed by atoms with van der Waals surface area (Å²) in [5, 5.41) is 1.04. The Morgan fingerprint density at radius 1 is 0.299 bits per heavy atom. The molecule has 0 saturated heterocycles. The second-order valence-corrected chi connectivity index (χ2v) is 22.0. The summed E-state index contributed by atoms with van der Waals surface area (Å²) in [6.07, 6.45) is 3.57. The number of benzene rings is 12. The first-order valence-corrected chi connectivity index (χ1v) is 28.4. The molecule has 0 fully saturated rings. The normalized spacial score (nSPS) is 15.4. The van der Waals surface area contributed by atoms with Crippen LogP contribution in [0, 0.1) is 34.9 Å². The molecule has 0 saturated carbocycles. The molecule has 1 heterocycles.